The highest BCUT2D eigenvalue weighted by molar-refractivity contribution is 8.18. The van der Waals surface area contributed by atoms with Crippen molar-refractivity contribution in [2.75, 3.05) is 6.54 Å². The number of amides is 2. The number of carbonyl (C=O) groups excluding carboxylic acids is 2. The highest BCUT2D eigenvalue weighted by Crippen LogP contribution is 2.38. The second-order valence-electron chi connectivity index (χ2n) is 7.62. The van der Waals surface area contributed by atoms with Gasteiger partial charge in [-0.15, -0.1) is 0 Å². The van der Waals surface area contributed by atoms with Gasteiger partial charge >= 0.3 is 0 Å². The Bertz CT molecular complexity index is 1230. The van der Waals surface area contributed by atoms with Crippen LogP contribution in [0.5, 0.6) is 5.75 Å². The van der Waals surface area contributed by atoms with Crippen LogP contribution in [0, 0.1) is 5.82 Å². The number of thioether (sulfide) groups is 1. The summed E-state index contributed by atoms with van der Waals surface area (Å²) in [7, 11) is 0. The molecule has 1 aliphatic rings. The molecule has 4 rings (SSSR count). The summed E-state index contributed by atoms with van der Waals surface area (Å²) in [6.07, 6.45) is 3.04. The number of nitrogens with zero attached hydrogens (tertiary/aromatic N) is 1. The second-order valence-corrected chi connectivity index (χ2v) is 9.42. The maximum atomic E-state index is 13.8. The van der Waals surface area contributed by atoms with E-state index in [1.54, 1.807) is 36.4 Å². The van der Waals surface area contributed by atoms with Gasteiger partial charge in [-0.2, -0.15) is 0 Å². The molecular formula is C26H20Cl2FNO3S. The molecule has 34 heavy (non-hydrogen) atoms. The van der Waals surface area contributed by atoms with Crippen molar-refractivity contribution in [2.24, 2.45) is 0 Å². The summed E-state index contributed by atoms with van der Waals surface area (Å²) in [5.41, 5.74) is 2.09. The minimum atomic E-state index is -0.383. The van der Waals surface area contributed by atoms with Crippen LogP contribution in [-0.4, -0.2) is 22.6 Å². The summed E-state index contributed by atoms with van der Waals surface area (Å²) in [4.78, 5) is 26.7. The number of halogens is 3. The monoisotopic (exact) mass is 515 g/mol. The second kappa shape index (κ2) is 11.1. The van der Waals surface area contributed by atoms with E-state index in [0.29, 0.717) is 29.0 Å². The number of aryl methyl sites for hydroxylation is 1. The molecule has 4 nitrogen and oxygen atoms in total. The van der Waals surface area contributed by atoms with Crippen molar-refractivity contribution in [1.82, 2.24) is 4.90 Å². The van der Waals surface area contributed by atoms with Gasteiger partial charge in [0.1, 0.15) is 12.4 Å². The third-order valence-electron chi connectivity index (χ3n) is 5.21. The summed E-state index contributed by atoms with van der Waals surface area (Å²) in [6.45, 7) is 0.314. The molecule has 0 N–H and O–H groups in total. The van der Waals surface area contributed by atoms with Crippen LogP contribution in [0.3, 0.4) is 0 Å². The molecule has 8 heteroatoms. The van der Waals surface area contributed by atoms with E-state index in [4.69, 9.17) is 27.9 Å². The van der Waals surface area contributed by atoms with E-state index in [2.05, 4.69) is 0 Å². The largest absolute Gasteiger partial charge is 0.486 e. The number of benzene rings is 3. The van der Waals surface area contributed by atoms with Crippen molar-refractivity contribution in [3.8, 4) is 5.75 Å². The molecule has 0 atom stereocenters. The smallest absolute Gasteiger partial charge is 0.293 e. The number of imide groups is 1. The van der Waals surface area contributed by atoms with Crippen molar-refractivity contribution >= 4 is 52.2 Å². The number of hydrogen-bond donors (Lipinski definition) is 0. The van der Waals surface area contributed by atoms with Gasteiger partial charge in [0, 0.05) is 12.1 Å². The predicted molar refractivity (Wildman–Crippen MR) is 135 cm³/mol. The molecule has 174 valence electrons. The fourth-order valence-electron chi connectivity index (χ4n) is 3.50. The maximum Gasteiger partial charge on any atom is 0.293 e. The van der Waals surface area contributed by atoms with Crippen molar-refractivity contribution < 1.29 is 18.7 Å². The van der Waals surface area contributed by atoms with E-state index in [-0.39, 0.29) is 39.4 Å². The van der Waals surface area contributed by atoms with Crippen molar-refractivity contribution in [3.63, 3.8) is 0 Å². The molecule has 2 amide bonds. The van der Waals surface area contributed by atoms with E-state index in [1.807, 2.05) is 30.3 Å². The van der Waals surface area contributed by atoms with Crippen LogP contribution >= 0.6 is 35.0 Å². The molecule has 1 aliphatic heterocycles. The molecule has 0 bridgehead atoms. The van der Waals surface area contributed by atoms with Crippen LogP contribution in [0.4, 0.5) is 9.18 Å². The lowest BCUT2D eigenvalue weighted by atomic mass is 10.1. The van der Waals surface area contributed by atoms with Crippen LogP contribution in [0.25, 0.3) is 6.08 Å². The summed E-state index contributed by atoms with van der Waals surface area (Å²) < 4.78 is 19.5. The summed E-state index contributed by atoms with van der Waals surface area (Å²) >= 11 is 13.6. The lowest BCUT2D eigenvalue weighted by Gasteiger charge is -2.12. The van der Waals surface area contributed by atoms with Crippen LogP contribution in [0.15, 0.2) is 71.6 Å². The summed E-state index contributed by atoms with van der Waals surface area (Å²) in [5, 5.41) is 0.140. The first-order chi connectivity index (χ1) is 16.4. The van der Waals surface area contributed by atoms with Crippen LogP contribution in [0.2, 0.25) is 10.0 Å². The quantitative estimate of drug-likeness (QED) is 0.293. The van der Waals surface area contributed by atoms with E-state index < -0.39 is 0 Å². The SMILES string of the molecule is O=C1S/C(=C/c2cc(Cl)c(OCc3ccccc3F)c(Cl)c2)C(=O)N1CCCc1ccccc1. The van der Waals surface area contributed by atoms with E-state index in [1.165, 1.54) is 11.0 Å². The predicted octanol–water partition coefficient (Wildman–Crippen LogP) is 7.38. The lowest BCUT2D eigenvalue weighted by Crippen LogP contribution is -2.29. The zero-order chi connectivity index (χ0) is 24.1. The number of rotatable bonds is 8. The Morgan fingerprint density at radius 1 is 0.971 bits per heavy atom. The molecule has 0 aliphatic carbocycles. The molecule has 1 saturated heterocycles. The third-order valence-corrected chi connectivity index (χ3v) is 6.68. The number of hydrogen-bond acceptors (Lipinski definition) is 4. The van der Waals surface area contributed by atoms with Gasteiger partial charge in [0.25, 0.3) is 11.1 Å². The average Bonchev–Trinajstić information content (AvgIpc) is 3.07. The average molecular weight is 516 g/mol. The van der Waals surface area contributed by atoms with Crippen LogP contribution in [0.1, 0.15) is 23.1 Å². The van der Waals surface area contributed by atoms with Crippen molar-refractivity contribution in [2.45, 2.75) is 19.4 Å². The standard InChI is InChI=1S/C26H20Cl2FNO3S/c27-20-13-18(14-21(28)24(20)33-16-19-10-4-5-11-22(19)29)15-23-25(31)30(26(32)34-23)12-6-9-17-7-2-1-3-8-17/h1-5,7-8,10-11,13-15H,6,9,12,16H2/b23-15+. The molecule has 0 saturated carbocycles. The van der Waals surface area contributed by atoms with Gasteiger partial charge in [-0.05, 0) is 60.0 Å². The first-order valence-electron chi connectivity index (χ1n) is 10.6. The summed E-state index contributed by atoms with van der Waals surface area (Å²) in [5.74, 6) is -0.501. The highest BCUT2D eigenvalue weighted by Gasteiger charge is 2.34. The van der Waals surface area contributed by atoms with Gasteiger partial charge in [0.05, 0.1) is 15.0 Å². The normalized spacial score (nSPS) is 14.8. The number of ether oxygens (including phenoxy) is 1. The van der Waals surface area contributed by atoms with Crippen LogP contribution in [-0.2, 0) is 17.8 Å². The van der Waals surface area contributed by atoms with E-state index in [9.17, 15) is 14.0 Å². The molecule has 1 fully saturated rings. The fraction of sp³-hybridized carbons (Fsp3) is 0.154. The maximum absolute atomic E-state index is 13.8. The minimum Gasteiger partial charge on any atom is -0.486 e. The Morgan fingerprint density at radius 2 is 1.65 bits per heavy atom. The van der Waals surface area contributed by atoms with E-state index >= 15 is 0 Å². The topological polar surface area (TPSA) is 46.6 Å². The summed E-state index contributed by atoms with van der Waals surface area (Å²) in [6, 6.07) is 19.4. The minimum absolute atomic E-state index is 0.0344. The van der Waals surface area contributed by atoms with Crippen molar-refractivity contribution in [1.29, 1.82) is 0 Å². The first-order valence-corrected chi connectivity index (χ1v) is 12.1. The zero-order valence-electron chi connectivity index (χ0n) is 18.0. The van der Waals surface area contributed by atoms with Crippen molar-refractivity contribution in [3.05, 3.63) is 104 Å². The Balaban J connectivity index is 1.42. The molecular weight excluding hydrogens is 496 g/mol. The van der Waals surface area contributed by atoms with Gasteiger partial charge < -0.3 is 4.74 Å². The van der Waals surface area contributed by atoms with Gasteiger partial charge in [-0.1, -0.05) is 71.7 Å². The number of carbonyl (C=O) groups is 2. The Hall–Kier alpha value is -2.80. The lowest BCUT2D eigenvalue weighted by molar-refractivity contribution is -0.122. The molecule has 1 heterocycles. The molecule has 0 unspecified atom stereocenters. The van der Waals surface area contributed by atoms with Gasteiger partial charge in [-0.25, -0.2) is 4.39 Å². The van der Waals surface area contributed by atoms with Gasteiger partial charge in [-0.3, -0.25) is 14.5 Å². The molecule has 0 radical (unpaired) electrons. The molecule has 0 spiro atoms. The Labute approximate surface area is 211 Å². The Morgan fingerprint density at radius 3 is 2.35 bits per heavy atom. The van der Waals surface area contributed by atoms with Crippen LogP contribution < -0.4 is 4.74 Å². The first kappa shape index (κ1) is 24.3. The van der Waals surface area contributed by atoms with Gasteiger partial charge in [0.2, 0.25) is 0 Å². The third kappa shape index (κ3) is 5.81. The van der Waals surface area contributed by atoms with Gasteiger partial charge in [0.15, 0.2) is 5.75 Å². The zero-order valence-corrected chi connectivity index (χ0v) is 20.3. The fourth-order valence-corrected chi connectivity index (χ4v) is 4.97. The Kier molecular flexibility index (Phi) is 7.93. The molecule has 3 aromatic rings. The molecule has 0 aromatic heterocycles. The van der Waals surface area contributed by atoms with E-state index in [0.717, 1.165) is 23.7 Å². The molecule has 3 aromatic carbocycles. The highest BCUT2D eigenvalue weighted by atomic mass is 35.5.